The van der Waals surface area contributed by atoms with Crippen molar-refractivity contribution in [2.24, 2.45) is 0 Å². The SMILES string of the molecule is CCCC(NC)C(CC)OCCOC(C)(C)C. The Morgan fingerprint density at radius 1 is 1.12 bits per heavy atom. The second-order valence-corrected chi connectivity index (χ2v) is 5.46. The van der Waals surface area contributed by atoms with E-state index in [1.807, 2.05) is 7.05 Å². The Hall–Kier alpha value is -0.120. The van der Waals surface area contributed by atoms with Gasteiger partial charge in [-0.1, -0.05) is 20.3 Å². The van der Waals surface area contributed by atoms with Gasteiger partial charge in [-0.15, -0.1) is 0 Å². The number of likely N-dealkylation sites (N-methyl/N-ethyl adjacent to an activating group) is 1. The van der Waals surface area contributed by atoms with E-state index in [2.05, 4.69) is 39.9 Å². The van der Waals surface area contributed by atoms with Gasteiger partial charge in [0.05, 0.1) is 24.9 Å². The van der Waals surface area contributed by atoms with Gasteiger partial charge in [-0.2, -0.15) is 0 Å². The molecule has 0 spiro atoms. The Morgan fingerprint density at radius 3 is 2.18 bits per heavy atom. The highest BCUT2D eigenvalue weighted by atomic mass is 16.5. The van der Waals surface area contributed by atoms with Crippen molar-refractivity contribution < 1.29 is 9.47 Å². The molecule has 0 aliphatic rings. The fourth-order valence-corrected chi connectivity index (χ4v) is 1.89. The first-order chi connectivity index (χ1) is 7.94. The molecule has 0 amide bonds. The minimum atomic E-state index is -0.0725. The van der Waals surface area contributed by atoms with Crippen molar-refractivity contribution in [3.05, 3.63) is 0 Å². The lowest BCUT2D eigenvalue weighted by atomic mass is 10.0. The van der Waals surface area contributed by atoms with E-state index >= 15 is 0 Å². The van der Waals surface area contributed by atoms with Crippen LogP contribution in [0.15, 0.2) is 0 Å². The van der Waals surface area contributed by atoms with Crippen LogP contribution in [0, 0.1) is 0 Å². The lowest BCUT2D eigenvalue weighted by Gasteiger charge is -2.27. The van der Waals surface area contributed by atoms with Gasteiger partial charge in [-0.25, -0.2) is 0 Å². The van der Waals surface area contributed by atoms with Gasteiger partial charge in [-0.05, 0) is 40.7 Å². The Labute approximate surface area is 107 Å². The van der Waals surface area contributed by atoms with E-state index in [1.54, 1.807) is 0 Å². The van der Waals surface area contributed by atoms with Crippen molar-refractivity contribution in [3.63, 3.8) is 0 Å². The van der Waals surface area contributed by atoms with Crippen molar-refractivity contribution in [1.82, 2.24) is 5.32 Å². The molecule has 3 heteroatoms. The van der Waals surface area contributed by atoms with Gasteiger partial charge in [0.2, 0.25) is 0 Å². The molecule has 104 valence electrons. The molecule has 2 unspecified atom stereocenters. The Morgan fingerprint density at radius 2 is 1.76 bits per heavy atom. The summed E-state index contributed by atoms with van der Waals surface area (Å²) in [5.74, 6) is 0. The third kappa shape index (κ3) is 8.58. The quantitative estimate of drug-likeness (QED) is 0.633. The van der Waals surface area contributed by atoms with Gasteiger partial charge >= 0.3 is 0 Å². The molecular formula is C14H31NO2. The lowest BCUT2D eigenvalue weighted by Crippen LogP contribution is -2.39. The predicted octanol–water partition coefficient (Wildman–Crippen LogP) is 2.98. The molecule has 0 aliphatic heterocycles. The number of nitrogens with one attached hydrogen (secondary N) is 1. The predicted molar refractivity (Wildman–Crippen MR) is 73.5 cm³/mol. The maximum absolute atomic E-state index is 5.90. The standard InChI is InChI=1S/C14H31NO2/c1-7-9-12(15-6)13(8-2)16-10-11-17-14(3,4)5/h12-13,15H,7-11H2,1-6H3. The third-order valence-corrected chi connectivity index (χ3v) is 2.77. The van der Waals surface area contributed by atoms with E-state index in [0.29, 0.717) is 25.4 Å². The molecule has 2 atom stereocenters. The van der Waals surface area contributed by atoms with E-state index in [9.17, 15) is 0 Å². The molecule has 3 nitrogen and oxygen atoms in total. The highest BCUT2D eigenvalue weighted by Gasteiger charge is 2.18. The Kier molecular flexibility index (Phi) is 8.83. The van der Waals surface area contributed by atoms with Crippen molar-refractivity contribution in [2.75, 3.05) is 20.3 Å². The third-order valence-electron chi connectivity index (χ3n) is 2.77. The summed E-state index contributed by atoms with van der Waals surface area (Å²) >= 11 is 0. The molecule has 17 heavy (non-hydrogen) atoms. The van der Waals surface area contributed by atoms with Gasteiger partial charge in [0.15, 0.2) is 0 Å². The van der Waals surface area contributed by atoms with Crippen LogP contribution >= 0.6 is 0 Å². The van der Waals surface area contributed by atoms with Crippen LogP contribution in [-0.4, -0.2) is 38.0 Å². The van der Waals surface area contributed by atoms with E-state index in [-0.39, 0.29) is 5.60 Å². The molecule has 0 heterocycles. The van der Waals surface area contributed by atoms with E-state index < -0.39 is 0 Å². The molecule has 0 saturated heterocycles. The summed E-state index contributed by atoms with van der Waals surface area (Å²) in [4.78, 5) is 0. The molecule has 0 radical (unpaired) electrons. The van der Waals surface area contributed by atoms with Gasteiger partial charge in [0.1, 0.15) is 0 Å². The molecule has 1 N–H and O–H groups in total. The molecule has 0 aromatic heterocycles. The normalized spacial score (nSPS) is 15.9. The summed E-state index contributed by atoms with van der Waals surface area (Å²) in [6, 6.07) is 0.458. The maximum Gasteiger partial charge on any atom is 0.0726 e. The van der Waals surface area contributed by atoms with Crippen LogP contribution in [0.3, 0.4) is 0 Å². The van der Waals surface area contributed by atoms with E-state index in [4.69, 9.17) is 9.47 Å². The molecule has 0 saturated carbocycles. The molecular weight excluding hydrogens is 214 g/mol. The van der Waals surface area contributed by atoms with Crippen molar-refractivity contribution in [3.8, 4) is 0 Å². The van der Waals surface area contributed by atoms with Crippen molar-refractivity contribution in [1.29, 1.82) is 0 Å². The summed E-state index contributed by atoms with van der Waals surface area (Å²) in [5.41, 5.74) is -0.0725. The molecule has 0 bridgehead atoms. The van der Waals surface area contributed by atoms with Crippen LogP contribution in [0.4, 0.5) is 0 Å². The molecule has 0 rings (SSSR count). The summed E-state index contributed by atoms with van der Waals surface area (Å²) in [5, 5.41) is 3.35. The zero-order valence-electron chi connectivity index (χ0n) is 12.5. The number of ether oxygens (including phenoxy) is 2. The smallest absolute Gasteiger partial charge is 0.0726 e. The zero-order chi connectivity index (χ0) is 13.3. The fraction of sp³-hybridized carbons (Fsp3) is 1.00. The summed E-state index contributed by atoms with van der Waals surface area (Å²) in [7, 11) is 2.01. The highest BCUT2D eigenvalue weighted by molar-refractivity contribution is 4.74. The van der Waals surface area contributed by atoms with Gasteiger partial charge in [-0.3, -0.25) is 0 Å². The molecule has 0 aliphatic carbocycles. The first-order valence-electron chi connectivity index (χ1n) is 6.87. The summed E-state index contributed by atoms with van der Waals surface area (Å²) in [6.45, 7) is 11.9. The average molecular weight is 245 g/mol. The van der Waals surface area contributed by atoms with E-state index in [0.717, 1.165) is 12.8 Å². The largest absolute Gasteiger partial charge is 0.374 e. The average Bonchev–Trinajstić information content (AvgIpc) is 2.25. The minimum absolute atomic E-state index is 0.0725. The molecule has 0 aromatic rings. The fourth-order valence-electron chi connectivity index (χ4n) is 1.89. The first kappa shape index (κ1) is 16.9. The van der Waals surface area contributed by atoms with Crippen LogP contribution < -0.4 is 5.32 Å². The van der Waals surface area contributed by atoms with Gasteiger partial charge in [0, 0.05) is 6.04 Å². The number of hydrogen-bond acceptors (Lipinski definition) is 3. The lowest BCUT2D eigenvalue weighted by molar-refractivity contribution is -0.0590. The van der Waals surface area contributed by atoms with Crippen LogP contribution in [0.25, 0.3) is 0 Å². The minimum Gasteiger partial charge on any atom is -0.374 e. The monoisotopic (exact) mass is 245 g/mol. The zero-order valence-corrected chi connectivity index (χ0v) is 12.5. The highest BCUT2D eigenvalue weighted by Crippen LogP contribution is 2.11. The molecule has 0 fully saturated rings. The van der Waals surface area contributed by atoms with Crippen LogP contribution in [0.5, 0.6) is 0 Å². The summed E-state index contributed by atoms with van der Waals surface area (Å²) < 4.78 is 11.6. The topological polar surface area (TPSA) is 30.5 Å². The van der Waals surface area contributed by atoms with Crippen LogP contribution in [-0.2, 0) is 9.47 Å². The first-order valence-corrected chi connectivity index (χ1v) is 6.87. The second-order valence-electron chi connectivity index (χ2n) is 5.46. The van der Waals surface area contributed by atoms with E-state index in [1.165, 1.54) is 6.42 Å². The van der Waals surface area contributed by atoms with Crippen molar-refractivity contribution >= 4 is 0 Å². The Balaban J connectivity index is 3.88. The van der Waals surface area contributed by atoms with Gasteiger partial charge in [0.25, 0.3) is 0 Å². The number of rotatable bonds is 9. The van der Waals surface area contributed by atoms with Crippen LogP contribution in [0.2, 0.25) is 0 Å². The van der Waals surface area contributed by atoms with Gasteiger partial charge < -0.3 is 14.8 Å². The summed E-state index contributed by atoms with van der Waals surface area (Å²) in [6.07, 6.45) is 3.68. The number of hydrogen-bond donors (Lipinski definition) is 1. The maximum atomic E-state index is 5.90. The second kappa shape index (κ2) is 8.90. The molecule has 0 aromatic carbocycles. The Bertz CT molecular complexity index is 178. The van der Waals surface area contributed by atoms with Crippen LogP contribution in [0.1, 0.15) is 53.9 Å². The van der Waals surface area contributed by atoms with Crippen molar-refractivity contribution in [2.45, 2.75) is 71.6 Å².